The molecule has 0 fully saturated rings. The van der Waals surface area contributed by atoms with E-state index in [4.69, 9.17) is 0 Å². The van der Waals surface area contributed by atoms with Gasteiger partial charge in [-0.15, -0.1) is 0 Å². The third-order valence-corrected chi connectivity index (χ3v) is 4.71. The Bertz CT molecular complexity index is 1080. The molecule has 4 nitrogen and oxygen atoms in total. The zero-order valence-electron chi connectivity index (χ0n) is 13.5. The van der Waals surface area contributed by atoms with Gasteiger partial charge in [0.2, 0.25) is 0 Å². The fourth-order valence-electron chi connectivity index (χ4n) is 2.99. The Hall–Kier alpha value is -2.66. The van der Waals surface area contributed by atoms with Gasteiger partial charge in [0, 0.05) is 22.1 Å². The molecule has 4 rings (SSSR count). The van der Waals surface area contributed by atoms with E-state index >= 15 is 0 Å². The second-order valence-electron chi connectivity index (χ2n) is 5.95. The Kier molecular flexibility index (Phi) is 4.24. The predicted octanol–water partition coefficient (Wildman–Crippen LogP) is 4.06. The van der Waals surface area contributed by atoms with Crippen molar-refractivity contribution in [3.63, 3.8) is 0 Å². The number of nitrogens with zero attached hydrogens (tertiary/aromatic N) is 3. The Morgan fingerprint density at radius 2 is 1.76 bits per heavy atom. The maximum absolute atomic E-state index is 12.1. The maximum Gasteiger partial charge on any atom is 0.250 e. The largest absolute Gasteiger partial charge is 0.310 e. The second-order valence-corrected chi connectivity index (χ2v) is 6.87. The van der Waals surface area contributed by atoms with Crippen LogP contribution in [-0.2, 0) is 13.1 Å². The van der Waals surface area contributed by atoms with Gasteiger partial charge < -0.3 is 4.57 Å². The molecule has 0 unspecified atom stereocenters. The van der Waals surface area contributed by atoms with Crippen molar-refractivity contribution < 1.29 is 0 Å². The van der Waals surface area contributed by atoms with Gasteiger partial charge in [-0.25, -0.2) is 0 Å². The Balaban J connectivity index is 1.72. The van der Waals surface area contributed by atoms with Crippen LogP contribution in [0.15, 0.2) is 82.3 Å². The van der Waals surface area contributed by atoms with Crippen molar-refractivity contribution in [2.45, 2.75) is 13.1 Å². The molecule has 0 saturated heterocycles. The van der Waals surface area contributed by atoms with Crippen molar-refractivity contribution in [1.82, 2.24) is 14.3 Å². The first-order valence-corrected chi connectivity index (χ1v) is 8.83. The van der Waals surface area contributed by atoms with E-state index in [0.29, 0.717) is 6.54 Å². The third kappa shape index (κ3) is 3.28. The number of benzene rings is 2. The number of pyridine rings is 1. The highest BCUT2D eigenvalue weighted by atomic mass is 79.9. The summed E-state index contributed by atoms with van der Waals surface area (Å²) >= 11 is 3.42. The molecule has 0 aliphatic heterocycles. The summed E-state index contributed by atoms with van der Waals surface area (Å²) in [7, 11) is 0. The van der Waals surface area contributed by atoms with Gasteiger partial charge in [0.05, 0.1) is 24.8 Å². The van der Waals surface area contributed by atoms with E-state index in [-0.39, 0.29) is 5.56 Å². The van der Waals surface area contributed by atoms with Crippen molar-refractivity contribution in [2.75, 3.05) is 0 Å². The average Bonchev–Trinajstić information content (AvgIpc) is 3.03. The molecule has 4 aromatic rings. The zero-order valence-corrected chi connectivity index (χ0v) is 15.1. The minimum absolute atomic E-state index is 0.0168. The van der Waals surface area contributed by atoms with E-state index < -0.39 is 0 Å². The maximum atomic E-state index is 12.1. The van der Waals surface area contributed by atoms with E-state index in [0.717, 1.165) is 27.5 Å². The van der Waals surface area contributed by atoms with Crippen LogP contribution in [0.3, 0.4) is 0 Å². The lowest BCUT2D eigenvalue weighted by Gasteiger charge is -2.08. The van der Waals surface area contributed by atoms with Crippen molar-refractivity contribution >= 4 is 26.8 Å². The molecule has 0 spiro atoms. The van der Waals surface area contributed by atoms with Crippen molar-refractivity contribution in [1.29, 1.82) is 0 Å². The lowest BCUT2D eigenvalue weighted by molar-refractivity contribution is 0.712. The number of fused-ring (bicyclic) bond motifs is 1. The van der Waals surface area contributed by atoms with Crippen LogP contribution in [0.5, 0.6) is 0 Å². The number of hydrogen-bond acceptors (Lipinski definition) is 2. The highest BCUT2D eigenvalue weighted by Crippen LogP contribution is 2.20. The number of aromatic nitrogens is 3. The highest BCUT2D eigenvalue weighted by molar-refractivity contribution is 9.10. The summed E-state index contributed by atoms with van der Waals surface area (Å²) in [5, 5.41) is 5.63. The summed E-state index contributed by atoms with van der Waals surface area (Å²) in [6.45, 7) is 1.25. The van der Waals surface area contributed by atoms with Crippen molar-refractivity contribution in [3.05, 3.63) is 99.0 Å². The smallest absolute Gasteiger partial charge is 0.250 e. The first kappa shape index (κ1) is 15.8. The molecule has 2 aromatic heterocycles. The van der Waals surface area contributed by atoms with Gasteiger partial charge in [0.15, 0.2) is 0 Å². The number of hydrogen-bond donors (Lipinski definition) is 0. The summed E-state index contributed by atoms with van der Waals surface area (Å²) in [5.74, 6) is 0. The normalized spacial score (nSPS) is 11.1. The molecule has 5 heteroatoms. The summed E-state index contributed by atoms with van der Waals surface area (Å²) in [6.07, 6.45) is 3.70. The van der Waals surface area contributed by atoms with Crippen LogP contribution in [-0.4, -0.2) is 14.3 Å². The van der Waals surface area contributed by atoms with Crippen molar-refractivity contribution in [2.24, 2.45) is 0 Å². The van der Waals surface area contributed by atoms with Crippen molar-refractivity contribution in [3.8, 4) is 0 Å². The van der Waals surface area contributed by atoms with Crippen LogP contribution in [0.4, 0.5) is 0 Å². The molecule has 0 bridgehead atoms. The topological polar surface area (TPSA) is 39.8 Å². The summed E-state index contributed by atoms with van der Waals surface area (Å²) in [6, 6.07) is 19.7. The minimum Gasteiger partial charge on any atom is -0.310 e. The lowest BCUT2D eigenvalue weighted by Crippen LogP contribution is -2.18. The van der Waals surface area contributed by atoms with Crippen LogP contribution in [0.1, 0.15) is 11.1 Å². The number of rotatable bonds is 4. The molecule has 2 aromatic carbocycles. The van der Waals surface area contributed by atoms with Crippen LogP contribution in [0, 0.1) is 0 Å². The van der Waals surface area contributed by atoms with Crippen LogP contribution in [0.2, 0.25) is 0 Å². The average molecular weight is 394 g/mol. The van der Waals surface area contributed by atoms with E-state index in [1.165, 1.54) is 5.56 Å². The van der Waals surface area contributed by atoms with E-state index in [2.05, 4.69) is 39.2 Å². The van der Waals surface area contributed by atoms with Gasteiger partial charge in [0.25, 0.3) is 5.56 Å². The summed E-state index contributed by atoms with van der Waals surface area (Å²) in [5.41, 5.74) is 3.35. The van der Waals surface area contributed by atoms with Gasteiger partial charge in [0.1, 0.15) is 0 Å². The molecule has 0 N–H and O–H groups in total. The first-order valence-electron chi connectivity index (χ1n) is 8.04. The Morgan fingerprint density at radius 3 is 2.60 bits per heavy atom. The SMILES string of the molecule is O=c1ccc(Br)cn1Cc1cccc2c1cnn2Cc1ccccc1. The van der Waals surface area contributed by atoms with Gasteiger partial charge in [-0.2, -0.15) is 5.10 Å². The molecule has 0 saturated carbocycles. The third-order valence-electron chi connectivity index (χ3n) is 4.24. The van der Waals surface area contributed by atoms with E-state index in [9.17, 15) is 4.79 Å². The molecular weight excluding hydrogens is 378 g/mol. The van der Waals surface area contributed by atoms with E-state index in [1.54, 1.807) is 16.7 Å². The van der Waals surface area contributed by atoms with Gasteiger partial charge >= 0.3 is 0 Å². The predicted molar refractivity (Wildman–Crippen MR) is 103 cm³/mol. The monoisotopic (exact) mass is 393 g/mol. The Morgan fingerprint density at radius 1 is 0.920 bits per heavy atom. The highest BCUT2D eigenvalue weighted by Gasteiger charge is 2.09. The number of halogens is 1. The molecule has 0 aliphatic rings. The first-order chi connectivity index (χ1) is 12.2. The second kappa shape index (κ2) is 6.69. The summed E-state index contributed by atoms with van der Waals surface area (Å²) < 4.78 is 4.59. The molecule has 2 heterocycles. The molecule has 0 aliphatic carbocycles. The molecule has 25 heavy (non-hydrogen) atoms. The molecule has 0 atom stereocenters. The lowest BCUT2D eigenvalue weighted by atomic mass is 10.1. The Labute approximate surface area is 153 Å². The molecule has 124 valence electrons. The van der Waals surface area contributed by atoms with Crippen LogP contribution >= 0.6 is 15.9 Å². The quantitative estimate of drug-likeness (QED) is 0.524. The minimum atomic E-state index is -0.0168. The van der Waals surface area contributed by atoms with E-state index in [1.807, 2.05) is 47.4 Å². The van der Waals surface area contributed by atoms with Crippen LogP contribution < -0.4 is 5.56 Å². The molecular formula is C20H16BrN3O. The molecule has 0 radical (unpaired) electrons. The fraction of sp³-hybridized carbons (Fsp3) is 0.100. The fourth-order valence-corrected chi connectivity index (χ4v) is 3.37. The van der Waals surface area contributed by atoms with Crippen LogP contribution in [0.25, 0.3) is 10.9 Å². The zero-order chi connectivity index (χ0) is 17.2. The van der Waals surface area contributed by atoms with Gasteiger partial charge in [-0.05, 0) is 39.2 Å². The van der Waals surface area contributed by atoms with Gasteiger partial charge in [-0.3, -0.25) is 9.48 Å². The summed E-state index contributed by atoms with van der Waals surface area (Å²) in [4.78, 5) is 12.1. The molecule has 0 amide bonds. The standard InChI is InChI=1S/C20H16BrN3O/c21-17-9-10-20(25)23(14-17)13-16-7-4-8-19-18(16)11-22-24(19)12-15-5-2-1-3-6-15/h1-11,14H,12-13H2. The van der Waals surface area contributed by atoms with Gasteiger partial charge in [-0.1, -0.05) is 42.5 Å².